The predicted octanol–water partition coefficient (Wildman–Crippen LogP) is 2.03. The van der Waals surface area contributed by atoms with Gasteiger partial charge in [0.05, 0.1) is 11.9 Å². The molecule has 1 aliphatic carbocycles. The molecule has 1 saturated carbocycles. The Labute approximate surface area is 102 Å². The van der Waals surface area contributed by atoms with Crippen molar-refractivity contribution in [2.24, 2.45) is 0 Å². The van der Waals surface area contributed by atoms with Gasteiger partial charge in [-0.05, 0) is 36.3 Å². The van der Waals surface area contributed by atoms with Crippen LogP contribution in [-0.2, 0) is 9.84 Å². The SMILES string of the molecule is CS(=O)(=O)CCC(O)c1ccccc1C1CC1. The Kier molecular flexibility index (Phi) is 3.54. The van der Waals surface area contributed by atoms with E-state index in [2.05, 4.69) is 0 Å². The molecule has 3 nitrogen and oxygen atoms in total. The van der Waals surface area contributed by atoms with Crippen LogP contribution in [0, 0.1) is 0 Å². The van der Waals surface area contributed by atoms with Gasteiger partial charge in [0.2, 0.25) is 0 Å². The molecular weight excluding hydrogens is 236 g/mol. The minimum Gasteiger partial charge on any atom is -0.388 e. The third-order valence-corrected chi connectivity index (χ3v) is 4.11. The van der Waals surface area contributed by atoms with Gasteiger partial charge in [-0.1, -0.05) is 24.3 Å². The third-order valence-electron chi connectivity index (χ3n) is 3.13. The van der Waals surface area contributed by atoms with E-state index in [9.17, 15) is 13.5 Å². The Hall–Kier alpha value is -0.870. The molecule has 1 fully saturated rings. The summed E-state index contributed by atoms with van der Waals surface area (Å²) < 4.78 is 22.2. The van der Waals surface area contributed by atoms with Crippen molar-refractivity contribution in [2.75, 3.05) is 12.0 Å². The van der Waals surface area contributed by atoms with Crippen molar-refractivity contribution >= 4 is 9.84 Å². The lowest BCUT2D eigenvalue weighted by Gasteiger charge is -2.14. The standard InChI is InChI=1S/C13H18O3S/c1-17(15,16)9-8-13(14)12-5-3-2-4-11(12)10-6-7-10/h2-5,10,13-14H,6-9H2,1H3. The quantitative estimate of drug-likeness (QED) is 0.874. The van der Waals surface area contributed by atoms with E-state index in [1.807, 2.05) is 24.3 Å². The van der Waals surface area contributed by atoms with Crippen LogP contribution in [0.2, 0.25) is 0 Å². The van der Waals surface area contributed by atoms with Crippen LogP contribution in [0.4, 0.5) is 0 Å². The van der Waals surface area contributed by atoms with Crippen LogP contribution in [0.15, 0.2) is 24.3 Å². The molecule has 1 aromatic carbocycles. The zero-order chi connectivity index (χ0) is 12.5. The summed E-state index contributed by atoms with van der Waals surface area (Å²) in [5.41, 5.74) is 2.09. The van der Waals surface area contributed by atoms with Crippen molar-refractivity contribution in [3.8, 4) is 0 Å². The second kappa shape index (κ2) is 4.78. The van der Waals surface area contributed by atoms with E-state index in [-0.39, 0.29) is 12.2 Å². The van der Waals surface area contributed by atoms with E-state index in [1.165, 1.54) is 24.7 Å². The summed E-state index contributed by atoms with van der Waals surface area (Å²) in [6.45, 7) is 0. The first-order valence-corrected chi connectivity index (χ1v) is 7.98. The van der Waals surface area contributed by atoms with Gasteiger partial charge in [0.15, 0.2) is 0 Å². The van der Waals surface area contributed by atoms with Crippen LogP contribution in [0.25, 0.3) is 0 Å². The number of benzene rings is 1. The highest BCUT2D eigenvalue weighted by atomic mass is 32.2. The van der Waals surface area contributed by atoms with E-state index >= 15 is 0 Å². The lowest BCUT2D eigenvalue weighted by atomic mass is 9.97. The molecule has 1 N–H and O–H groups in total. The Morgan fingerprint density at radius 1 is 1.35 bits per heavy atom. The van der Waals surface area contributed by atoms with Gasteiger partial charge >= 0.3 is 0 Å². The molecule has 0 aromatic heterocycles. The average Bonchev–Trinajstić information content (AvgIpc) is 3.09. The van der Waals surface area contributed by atoms with E-state index in [0.29, 0.717) is 5.92 Å². The summed E-state index contributed by atoms with van der Waals surface area (Å²) in [6, 6.07) is 7.81. The topological polar surface area (TPSA) is 54.4 Å². The fraction of sp³-hybridized carbons (Fsp3) is 0.538. The van der Waals surface area contributed by atoms with Crippen LogP contribution < -0.4 is 0 Å². The van der Waals surface area contributed by atoms with Crippen LogP contribution in [0.5, 0.6) is 0 Å². The normalized spacial score (nSPS) is 18.0. The van der Waals surface area contributed by atoms with Gasteiger partial charge in [0, 0.05) is 6.26 Å². The molecule has 0 spiro atoms. The maximum Gasteiger partial charge on any atom is 0.147 e. The van der Waals surface area contributed by atoms with E-state index in [4.69, 9.17) is 0 Å². The van der Waals surface area contributed by atoms with Crippen molar-refractivity contribution in [3.63, 3.8) is 0 Å². The summed E-state index contributed by atoms with van der Waals surface area (Å²) in [7, 11) is -3.00. The average molecular weight is 254 g/mol. The molecule has 17 heavy (non-hydrogen) atoms. The Morgan fingerprint density at radius 2 is 2.00 bits per heavy atom. The number of rotatable bonds is 5. The molecule has 0 heterocycles. The van der Waals surface area contributed by atoms with Crippen LogP contribution in [-0.4, -0.2) is 25.5 Å². The molecule has 1 aliphatic rings. The summed E-state index contributed by atoms with van der Waals surface area (Å²) >= 11 is 0. The van der Waals surface area contributed by atoms with Gasteiger partial charge in [0.25, 0.3) is 0 Å². The predicted molar refractivity (Wildman–Crippen MR) is 67.7 cm³/mol. The molecule has 4 heteroatoms. The number of hydrogen-bond acceptors (Lipinski definition) is 3. The molecular formula is C13H18O3S. The minimum atomic E-state index is -3.00. The van der Waals surface area contributed by atoms with Gasteiger partial charge in [-0.15, -0.1) is 0 Å². The van der Waals surface area contributed by atoms with Crippen molar-refractivity contribution in [3.05, 3.63) is 35.4 Å². The van der Waals surface area contributed by atoms with Crippen molar-refractivity contribution < 1.29 is 13.5 Å². The van der Waals surface area contributed by atoms with Crippen LogP contribution in [0.3, 0.4) is 0 Å². The molecule has 0 bridgehead atoms. The highest BCUT2D eigenvalue weighted by Crippen LogP contribution is 2.43. The maximum absolute atomic E-state index is 11.1. The fourth-order valence-electron chi connectivity index (χ4n) is 2.06. The zero-order valence-electron chi connectivity index (χ0n) is 9.96. The lowest BCUT2D eigenvalue weighted by molar-refractivity contribution is 0.173. The number of aliphatic hydroxyl groups is 1. The smallest absolute Gasteiger partial charge is 0.147 e. The van der Waals surface area contributed by atoms with Crippen molar-refractivity contribution in [1.82, 2.24) is 0 Å². The molecule has 1 aromatic rings. The van der Waals surface area contributed by atoms with Crippen LogP contribution >= 0.6 is 0 Å². The highest BCUT2D eigenvalue weighted by Gasteiger charge is 2.27. The number of hydrogen-bond donors (Lipinski definition) is 1. The van der Waals surface area contributed by atoms with Gasteiger partial charge in [-0.2, -0.15) is 0 Å². The van der Waals surface area contributed by atoms with Gasteiger partial charge in [-0.25, -0.2) is 8.42 Å². The first-order valence-electron chi connectivity index (χ1n) is 5.92. The monoisotopic (exact) mass is 254 g/mol. The summed E-state index contributed by atoms with van der Waals surface area (Å²) in [6.07, 6.45) is 3.17. The largest absolute Gasteiger partial charge is 0.388 e. The summed E-state index contributed by atoms with van der Waals surface area (Å²) in [5.74, 6) is 0.603. The van der Waals surface area contributed by atoms with Gasteiger partial charge < -0.3 is 5.11 Å². The first-order chi connectivity index (χ1) is 7.97. The second-order valence-electron chi connectivity index (χ2n) is 4.84. The molecule has 0 radical (unpaired) electrons. The Morgan fingerprint density at radius 3 is 2.59 bits per heavy atom. The maximum atomic E-state index is 11.1. The molecule has 1 unspecified atom stereocenters. The van der Waals surface area contributed by atoms with Gasteiger partial charge in [-0.3, -0.25) is 0 Å². The van der Waals surface area contributed by atoms with E-state index in [0.717, 1.165) is 5.56 Å². The number of sulfone groups is 1. The molecule has 0 saturated heterocycles. The van der Waals surface area contributed by atoms with E-state index < -0.39 is 15.9 Å². The van der Waals surface area contributed by atoms with E-state index in [1.54, 1.807) is 0 Å². The molecule has 0 amide bonds. The molecule has 0 aliphatic heterocycles. The van der Waals surface area contributed by atoms with Crippen molar-refractivity contribution in [1.29, 1.82) is 0 Å². The minimum absolute atomic E-state index is 0.0349. The second-order valence-corrected chi connectivity index (χ2v) is 7.10. The lowest BCUT2D eigenvalue weighted by Crippen LogP contribution is -2.09. The number of aliphatic hydroxyl groups excluding tert-OH is 1. The fourth-order valence-corrected chi connectivity index (χ4v) is 2.71. The highest BCUT2D eigenvalue weighted by molar-refractivity contribution is 7.90. The Balaban J connectivity index is 2.10. The van der Waals surface area contributed by atoms with Gasteiger partial charge in [0.1, 0.15) is 9.84 Å². The third kappa shape index (κ3) is 3.54. The van der Waals surface area contributed by atoms with Crippen molar-refractivity contribution in [2.45, 2.75) is 31.3 Å². The molecule has 94 valence electrons. The summed E-state index contributed by atoms with van der Waals surface area (Å²) in [4.78, 5) is 0. The van der Waals surface area contributed by atoms with Crippen LogP contribution in [0.1, 0.15) is 42.4 Å². The zero-order valence-corrected chi connectivity index (χ0v) is 10.8. The first kappa shape index (κ1) is 12.6. The molecule has 1 atom stereocenters. The Bertz CT molecular complexity index is 489. The molecule has 2 rings (SSSR count). The summed E-state index contributed by atoms with van der Waals surface area (Å²) in [5, 5.41) is 10.1.